The molecule has 0 N–H and O–H groups in total. The first-order valence-electron chi connectivity index (χ1n) is 4.01. The molecule has 0 saturated carbocycles. The van der Waals surface area contributed by atoms with Gasteiger partial charge in [-0.2, -0.15) is 0 Å². The average Bonchev–Trinajstić information content (AvgIpc) is 2.58. The van der Waals surface area contributed by atoms with E-state index in [9.17, 15) is 0 Å². The zero-order valence-electron chi connectivity index (χ0n) is 6.63. The Labute approximate surface area is 79.9 Å². The molecule has 1 aromatic heterocycles. The number of hydrogen-bond donors (Lipinski definition) is 0. The van der Waals surface area contributed by atoms with Crippen LogP contribution in [0.4, 0.5) is 0 Å². The number of pyridine rings is 1. The lowest BCUT2D eigenvalue weighted by Gasteiger charge is -1.97. The van der Waals surface area contributed by atoms with Gasteiger partial charge in [0.05, 0.1) is 11.4 Å². The van der Waals surface area contributed by atoms with Gasteiger partial charge in [0.15, 0.2) is 0 Å². The van der Waals surface area contributed by atoms with E-state index in [1.54, 1.807) is 0 Å². The first-order valence-corrected chi connectivity index (χ1v) is 4.81. The quantitative estimate of drug-likeness (QED) is 0.720. The first kappa shape index (κ1) is 7.92. The molecule has 0 radical (unpaired) electrons. The second kappa shape index (κ2) is 3.35. The summed E-state index contributed by atoms with van der Waals surface area (Å²) in [6.07, 6.45) is 4.07. The van der Waals surface area contributed by atoms with Gasteiger partial charge in [0.1, 0.15) is 0 Å². The zero-order chi connectivity index (χ0) is 8.39. The van der Waals surface area contributed by atoms with Crippen LogP contribution in [0.1, 0.15) is 18.5 Å². The number of rotatable bonds is 1. The minimum Gasteiger partial charge on any atom is -0.288 e. The molecule has 12 heavy (non-hydrogen) atoms. The highest BCUT2D eigenvalue weighted by Crippen LogP contribution is 2.13. The maximum Gasteiger partial charge on any atom is 0.0840 e. The van der Waals surface area contributed by atoms with E-state index in [0.717, 1.165) is 28.8 Å². The van der Waals surface area contributed by atoms with Gasteiger partial charge in [-0.05, 0) is 40.9 Å². The second-order valence-corrected chi connectivity index (χ2v) is 3.71. The lowest BCUT2D eigenvalue weighted by atomic mass is 10.2. The molecular weight excluding hydrogens is 216 g/mol. The highest BCUT2D eigenvalue weighted by molar-refractivity contribution is 9.10. The largest absolute Gasteiger partial charge is 0.288 e. The maximum absolute atomic E-state index is 4.37. The number of halogens is 1. The molecule has 0 aliphatic carbocycles. The number of nitrogens with zero attached hydrogens (tertiary/aromatic N) is 2. The molecule has 2 heterocycles. The molecule has 0 aromatic carbocycles. The summed E-state index contributed by atoms with van der Waals surface area (Å²) in [5, 5.41) is 0. The fraction of sp³-hybridized carbons (Fsp3) is 0.333. The lowest BCUT2D eigenvalue weighted by Crippen LogP contribution is -1.98. The predicted molar refractivity (Wildman–Crippen MR) is 52.6 cm³/mol. The smallest absolute Gasteiger partial charge is 0.0840 e. The van der Waals surface area contributed by atoms with Crippen LogP contribution >= 0.6 is 15.9 Å². The van der Waals surface area contributed by atoms with Crippen LogP contribution in [-0.4, -0.2) is 17.2 Å². The summed E-state index contributed by atoms with van der Waals surface area (Å²) in [5.41, 5.74) is 2.18. The fourth-order valence-electron chi connectivity index (χ4n) is 1.30. The second-order valence-electron chi connectivity index (χ2n) is 2.79. The summed E-state index contributed by atoms with van der Waals surface area (Å²) < 4.78 is 1.02. The topological polar surface area (TPSA) is 25.2 Å². The Bertz CT molecular complexity index is 303. The highest BCUT2D eigenvalue weighted by Gasteiger charge is 2.08. The van der Waals surface area contributed by atoms with Gasteiger partial charge >= 0.3 is 0 Å². The Morgan fingerprint density at radius 2 is 2.25 bits per heavy atom. The van der Waals surface area contributed by atoms with E-state index < -0.39 is 0 Å². The van der Waals surface area contributed by atoms with Gasteiger partial charge in [-0.15, -0.1) is 0 Å². The number of aliphatic imine (C=N–C) groups is 1. The molecule has 2 nitrogen and oxygen atoms in total. The molecule has 1 aliphatic rings. The van der Waals surface area contributed by atoms with Crippen LogP contribution in [0.5, 0.6) is 0 Å². The van der Waals surface area contributed by atoms with Gasteiger partial charge < -0.3 is 0 Å². The number of hydrogen-bond acceptors (Lipinski definition) is 2. The summed E-state index contributed by atoms with van der Waals surface area (Å²) in [4.78, 5) is 8.66. The van der Waals surface area contributed by atoms with Crippen LogP contribution < -0.4 is 0 Å². The van der Waals surface area contributed by atoms with Crippen molar-refractivity contribution in [1.82, 2.24) is 4.98 Å². The molecule has 0 atom stereocenters. The van der Waals surface area contributed by atoms with E-state index in [-0.39, 0.29) is 0 Å². The fourth-order valence-corrected chi connectivity index (χ4v) is 1.53. The molecule has 0 fully saturated rings. The molecule has 2 rings (SSSR count). The van der Waals surface area contributed by atoms with Crippen LogP contribution in [-0.2, 0) is 0 Å². The van der Waals surface area contributed by atoms with Crippen LogP contribution in [0.25, 0.3) is 0 Å². The molecular formula is C9H9BrN2. The Hall–Kier alpha value is -0.700. The molecule has 0 saturated heterocycles. The van der Waals surface area contributed by atoms with Crippen molar-refractivity contribution in [3.8, 4) is 0 Å². The van der Waals surface area contributed by atoms with Crippen molar-refractivity contribution >= 4 is 21.6 Å². The normalized spacial score (nSPS) is 16.2. The predicted octanol–water partition coefficient (Wildman–Crippen LogP) is 2.43. The summed E-state index contributed by atoms with van der Waals surface area (Å²) in [7, 11) is 0. The Morgan fingerprint density at radius 1 is 1.33 bits per heavy atom. The van der Waals surface area contributed by atoms with Crippen molar-refractivity contribution in [3.63, 3.8) is 0 Å². The molecule has 62 valence electrons. The SMILES string of the molecule is Brc1ccc(C2=NCCC2)nc1. The monoisotopic (exact) mass is 224 g/mol. The Morgan fingerprint density at radius 3 is 2.83 bits per heavy atom. The summed E-state index contributed by atoms with van der Waals surface area (Å²) >= 11 is 3.35. The van der Waals surface area contributed by atoms with Crippen molar-refractivity contribution in [2.24, 2.45) is 4.99 Å². The van der Waals surface area contributed by atoms with Gasteiger partial charge in [0.2, 0.25) is 0 Å². The van der Waals surface area contributed by atoms with Crippen LogP contribution in [0, 0.1) is 0 Å². The molecule has 3 heteroatoms. The van der Waals surface area contributed by atoms with E-state index in [1.165, 1.54) is 6.42 Å². The summed E-state index contributed by atoms with van der Waals surface area (Å²) in [5.74, 6) is 0. The average molecular weight is 225 g/mol. The molecule has 1 aliphatic heterocycles. The summed E-state index contributed by atoms with van der Waals surface area (Å²) in [6.45, 7) is 0.965. The van der Waals surface area contributed by atoms with Crippen molar-refractivity contribution < 1.29 is 0 Å². The van der Waals surface area contributed by atoms with Crippen LogP contribution in [0.3, 0.4) is 0 Å². The Kier molecular flexibility index (Phi) is 2.21. The lowest BCUT2D eigenvalue weighted by molar-refractivity contribution is 0.950. The van der Waals surface area contributed by atoms with Crippen molar-refractivity contribution in [3.05, 3.63) is 28.5 Å². The third-order valence-electron chi connectivity index (χ3n) is 1.90. The van der Waals surface area contributed by atoms with Gasteiger partial charge in [-0.3, -0.25) is 9.98 Å². The van der Waals surface area contributed by atoms with Crippen LogP contribution in [0.2, 0.25) is 0 Å². The van der Waals surface area contributed by atoms with E-state index in [1.807, 2.05) is 18.3 Å². The number of aromatic nitrogens is 1. The van der Waals surface area contributed by atoms with E-state index in [4.69, 9.17) is 0 Å². The first-order chi connectivity index (χ1) is 5.86. The Balaban J connectivity index is 2.28. The third kappa shape index (κ3) is 1.55. The zero-order valence-corrected chi connectivity index (χ0v) is 8.21. The van der Waals surface area contributed by atoms with E-state index in [0.29, 0.717) is 0 Å². The molecule has 0 spiro atoms. The van der Waals surface area contributed by atoms with Gasteiger partial charge in [-0.1, -0.05) is 0 Å². The van der Waals surface area contributed by atoms with Crippen molar-refractivity contribution in [1.29, 1.82) is 0 Å². The van der Waals surface area contributed by atoms with Gasteiger partial charge in [-0.25, -0.2) is 0 Å². The van der Waals surface area contributed by atoms with Crippen LogP contribution in [0.15, 0.2) is 27.8 Å². The summed E-state index contributed by atoms with van der Waals surface area (Å²) in [6, 6.07) is 4.01. The minimum atomic E-state index is 0.965. The van der Waals surface area contributed by atoms with E-state index >= 15 is 0 Å². The van der Waals surface area contributed by atoms with Crippen molar-refractivity contribution in [2.45, 2.75) is 12.8 Å². The van der Waals surface area contributed by atoms with E-state index in [2.05, 4.69) is 25.9 Å². The molecule has 0 amide bonds. The molecule has 1 aromatic rings. The van der Waals surface area contributed by atoms with Crippen molar-refractivity contribution in [2.75, 3.05) is 6.54 Å². The molecule has 0 bridgehead atoms. The minimum absolute atomic E-state index is 0.965. The molecule has 0 unspecified atom stereocenters. The highest BCUT2D eigenvalue weighted by atomic mass is 79.9. The maximum atomic E-state index is 4.37. The van der Waals surface area contributed by atoms with Gasteiger partial charge in [0.25, 0.3) is 0 Å². The standard InChI is InChI=1S/C9H9BrN2/c10-7-3-4-9(12-6-7)8-2-1-5-11-8/h3-4,6H,1-2,5H2. The van der Waals surface area contributed by atoms with Gasteiger partial charge in [0, 0.05) is 17.2 Å². The third-order valence-corrected chi connectivity index (χ3v) is 2.37.